The fourth-order valence-corrected chi connectivity index (χ4v) is 4.18. The minimum atomic E-state index is -4.43. The zero-order valence-electron chi connectivity index (χ0n) is 19.7. The Labute approximate surface area is 215 Å². The van der Waals surface area contributed by atoms with Crippen molar-refractivity contribution >= 4 is 35.2 Å². The van der Waals surface area contributed by atoms with Crippen LogP contribution >= 0.6 is 11.6 Å². The smallest absolute Gasteiger partial charge is 0.416 e. The lowest BCUT2D eigenvalue weighted by Crippen LogP contribution is -2.36. The molecular weight excluding hydrogens is 513 g/mol. The van der Waals surface area contributed by atoms with E-state index in [1.807, 2.05) is 6.92 Å². The molecule has 0 aliphatic carbocycles. The molecule has 0 saturated carbocycles. The van der Waals surface area contributed by atoms with E-state index in [0.717, 1.165) is 17.7 Å². The third-order valence-corrected chi connectivity index (χ3v) is 6.03. The number of carboxylic acids is 1. The van der Waals surface area contributed by atoms with Crippen LogP contribution in [0.3, 0.4) is 0 Å². The van der Waals surface area contributed by atoms with Gasteiger partial charge in [0.15, 0.2) is 5.69 Å². The Morgan fingerprint density at radius 1 is 1.22 bits per heavy atom. The summed E-state index contributed by atoms with van der Waals surface area (Å²) in [6, 6.07) is 10.3. The molecule has 1 amide bonds. The molecule has 1 fully saturated rings. The molecule has 4 rings (SSSR count). The first-order chi connectivity index (χ1) is 17.4. The highest BCUT2D eigenvalue weighted by Gasteiger charge is 2.36. The average Bonchev–Trinajstić information content (AvgIpc) is 3.19. The van der Waals surface area contributed by atoms with E-state index in [2.05, 4.69) is 15.3 Å². The van der Waals surface area contributed by atoms with Crippen molar-refractivity contribution in [2.45, 2.75) is 38.5 Å². The van der Waals surface area contributed by atoms with Crippen molar-refractivity contribution in [3.63, 3.8) is 0 Å². The maximum absolute atomic E-state index is 12.9. The summed E-state index contributed by atoms with van der Waals surface area (Å²) in [5, 5.41) is 12.6. The van der Waals surface area contributed by atoms with Gasteiger partial charge in [0, 0.05) is 0 Å². The van der Waals surface area contributed by atoms with Crippen LogP contribution in [0.2, 0.25) is 5.15 Å². The number of nitrogens with zero attached hydrogens (tertiary/aromatic N) is 3. The zero-order chi connectivity index (χ0) is 26.9. The molecule has 2 aromatic heterocycles. The molecule has 0 bridgehead atoms. The number of alkyl halides is 3. The van der Waals surface area contributed by atoms with Crippen LogP contribution < -0.4 is 10.2 Å². The number of ether oxygens (including phenoxy) is 1. The van der Waals surface area contributed by atoms with Crippen LogP contribution in [-0.4, -0.2) is 39.8 Å². The van der Waals surface area contributed by atoms with Crippen molar-refractivity contribution in [3.05, 3.63) is 81.8 Å². The number of nitrogens with one attached hydrogen (secondary N) is 1. The maximum atomic E-state index is 12.9. The van der Waals surface area contributed by atoms with Crippen LogP contribution in [0.15, 0.2) is 48.5 Å². The summed E-state index contributed by atoms with van der Waals surface area (Å²) in [4.78, 5) is 34.0. The number of carbonyl (C=O) groups excluding carboxylic acids is 1. The van der Waals surface area contributed by atoms with E-state index < -0.39 is 35.9 Å². The van der Waals surface area contributed by atoms with E-state index in [0.29, 0.717) is 17.1 Å². The molecule has 12 heteroatoms. The zero-order valence-corrected chi connectivity index (χ0v) is 20.5. The van der Waals surface area contributed by atoms with Gasteiger partial charge in [0.25, 0.3) is 0 Å². The first kappa shape index (κ1) is 26.2. The van der Waals surface area contributed by atoms with E-state index in [9.17, 15) is 27.9 Å². The van der Waals surface area contributed by atoms with Gasteiger partial charge in [-0.15, -0.1) is 0 Å². The molecule has 0 spiro atoms. The van der Waals surface area contributed by atoms with Crippen LogP contribution in [-0.2, 0) is 17.3 Å². The molecule has 0 unspecified atom stereocenters. The number of pyridine rings is 2. The highest BCUT2D eigenvalue weighted by molar-refractivity contribution is 6.29. The van der Waals surface area contributed by atoms with Gasteiger partial charge in [-0.05, 0) is 67.8 Å². The number of anilines is 2. The molecule has 3 heterocycles. The minimum Gasteiger partial charge on any atom is -0.476 e. The number of amides is 1. The number of aromatic carboxylic acids is 1. The number of aromatic nitrogens is 2. The van der Waals surface area contributed by atoms with E-state index in [4.69, 9.17) is 16.3 Å². The number of benzene rings is 1. The summed E-state index contributed by atoms with van der Waals surface area (Å²) >= 11 is 5.83. The Balaban J connectivity index is 1.58. The molecule has 0 radical (unpaired) electrons. The number of hydrogen-bond acceptors (Lipinski definition) is 6. The number of aryl methyl sites for hydroxylation is 1. The highest BCUT2D eigenvalue weighted by Crippen LogP contribution is 2.31. The first-order valence-electron chi connectivity index (χ1n) is 11.2. The Morgan fingerprint density at radius 3 is 2.57 bits per heavy atom. The van der Waals surface area contributed by atoms with Crippen LogP contribution in [0.5, 0.6) is 0 Å². The van der Waals surface area contributed by atoms with Gasteiger partial charge in [-0.3, -0.25) is 4.90 Å². The molecule has 2 atom stereocenters. The fourth-order valence-electron chi connectivity index (χ4n) is 4.04. The van der Waals surface area contributed by atoms with Gasteiger partial charge in [0.2, 0.25) is 0 Å². The molecule has 1 aliphatic heterocycles. The predicted molar refractivity (Wildman–Crippen MR) is 130 cm³/mol. The normalized spacial score (nSPS) is 16.4. The Morgan fingerprint density at radius 2 is 1.92 bits per heavy atom. The van der Waals surface area contributed by atoms with E-state index >= 15 is 0 Å². The second kappa shape index (κ2) is 10.3. The molecule has 194 valence electrons. The van der Waals surface area contributed by atoms with Crippen LogP contribution in [0.1, 0.15) is 45.8 Å². The topological polar surface area (TPSA) is 105 Å². The summed E-state index contributed by atoms with van der Waals surface area (Å²) in [5.41, 5.74) is 1.17. The number of cyclic esters (lactones) is 1. The summed E-state index contributed by atoms with van der Waals surface area (Å²) < 4.78 is 43.9. The van der Waals surface area contributed by atoms with Gasteiger partial charge in [-0.25, -0.2) is 19.6 Å². The van der Waals surface area contributed by atoms with Crippen molar-refractivity contribution in [3.8, 4) is 0 Å². The summed E-state index contributed by atoms with van der Waals surface area (Å²) in [5.74, 6) is -0.934. The van der Waals surface area contributed by atoms with Gasteiger partial charge >= 0.3 is 18.2 Å². The fraction of sp³-hybridized carbons (Fsp3) is 0.280. The molecule has 3 aromatic rings. The quantitative estimate of drug-likeness (QED) is 0.364. The van der Waals surface area contributed by atoms with Gasteiger partial charge < -0.3 is 15.2 Å². The Bertz CT molecular complexity index is 1330. The molecule has 1 aliphatic rings. The number of carboxylic acid groups (broad SMARTS) is 1. The SMILES string of the molecule is Cc1cc([C@@H](C)Nc2ccc(Cl)nc2C(=O)O)nc(N2C(=O)OC[C@@H]2Cc2ccc(C(F)(F)F)cc2)c1. The second-order valence-electron chi connectivity index (χ2n) is 8.63. The van der Waals surface area contributed by atoms with Crippen LogP contribution in [0.4, 0.5) is 29.5 Å². The number of halogens is 4. The highest BCUT2D eigenvalue weighted by atomic mass is 35.5. The summed E-state index contributed by atoms with van der Waals surface area (Å²) in [7, 11) is 0. The number of hydrogen-bond donors (Lipinski definition) is 2. The predicted octanol–water partition coefficient (Wildman–Crippen LogP) is 5.90. The first-order valence-corrected chi connectivity index (χ1v) is 11.6. The van der Waals surface area contributed by atoms with Crippen LogP contribution in [0, 0.1) is 6.92 Å². The molecule has 8 nitrogen and oxygen atoms in total. The van der Waals surface area contributed by atoms with Crippen molar-refractivity contribution in [2.75, 3.05) is 16.8 Å². The Kier molecular flexibility index (Phi) is 7.26. The van der Waals surface area contributed by atoms with E-state index in [1.165, 1.54) is 29.2 Å². The summed E-state index contributed by atoms with van der Waals surface area (Å²) in [6.45, 7) is 3.64. The largest absolute Gasteiger partial charge is 0.476 e. The van der Waals surface area contributed by atoms with Crippen molar-refractivity contribution in [1.82, 2.24) is 9.97 Å². The molecular formula is C25H22ClF3N4O4. The molecule has 1 aromatic carbocycles. The lowest BCUT2D eigenvalue weighted by molar-refractivity contribution is -0.137. The minimum absolute atomic E-state index is 0.0400. The lowest BCUT2D eigenvalue weighted by Gasteiger charge is -2.23. The van der Waals surface area contributed by atoms with Crippen molar-refractivity contribution in [1.29, 1.82) is 0 Å². The number of carbonyl (C=O) groups is 2. The van der Waals surface area contributed by atoms with Gasteiger partial charge in [0.05, 0.1) is 29.0 Å². The van der Waals surface area contributed by atoms with E-state index in [-0.39, 0.29) is 29.6 Å². The molecule has 2 N–H and O–H groups in total. The maximum Gasteiger partial charge on any atom is 0.416 e. The number of rotatable bonds is 7. The van der Waals surface area contributed by atoms with E-state index in [1.54, 1.807) is 19.1 Å². The van der Waals surface area contributed by atoms with Crippen molar-refractivity contribution < 1.29 is 32.6 Å². The lowest BCUT2D eigenvalue weighted by atomic mass is 10.0. The van der Waals surface area contributed by atoms with Gasteiger partial charge in [-0.1, -0.05) is 23.7 Å². The van der Waals surface area contributed by atoms with Gasteiger partial charge in [0.1, 0.15) is 17.6 Å². The Hall–Kier alpha value is -3.86. The molecule has 1 saturated heterocycles. The monoisotopic (exact) mass is 534 g/mol. The molecule has 37 heavy (non-hydrogen) atoms. The van der Waals surface area contributed by atoms with Crippen molar-refractivity contribution in [2.24, 2.45) is 0 Å². The summed E-state index contributed by atoms with van der Waals surface area (Å²) in [6.07, 6.45) is -4.78. The second-order valence-corrected chi connectivity index (χ2v) is 9.02. The third kappa shape index (κ3) is 5.93. The third-order valence-electron chi connectivity index (χ3n) is 5.82. The van der Waals surface area contributed by atoms with Crippen LogP contribution in [0.25, 0.3) is 0 Å². The van der Waals surface area contributed by atoms with Gasteiger partial charge in [-0.2, -0.15) is 13.2 Å². The standard InChI is InChI=1S/C25H22ClF3N4O4/c1-13-9-19(14(2)30-18-7-8-20(26)32-22(18)23(34)35)31-21(10-13)33-17(12-37-24(33)36)11-15-3-5-16(6-4-15)25(27,28)29/h3-10,14,17,30H,11-12H2,1-2H3,(H,34,35)/t14-,17+/m1/s1. The average molecular weight is 535 g/mol.